The van der Waals surface area contributed by atoms with Crippen molar-refractivity contribution < 1.29 is 24.5 Å². The Morgan fingerprint density at radius 3 is 2.07 bits per heavy atom. The monoisotopic (exact) mass is 417 g/mol. The molecule has 2 N–H and O–H groups in total. The maximum Gasteiger partial charge on any atom is 0.328 e. The number of benzene rings is 1. The highest BCUT2D eigenvalue weighted by Gasteiger charge is 2.69. The number of carboxylic acid groups (broad SMARTS) is 2. The van der Waals surface area contributed by atoms with Gasteiger partial charge in [0.2, 0.25) is 0 Å². The Labute approximate surface area is 179 Å². The summed E-state index contributed by atoms with van der Waals surface area (Å²) < 4.78 is 6.72. The Bertz CT molecular complexity index is 757. The zero-order chi connectivity index (χ0) is 22.6. The SMILES string of the molecule is CN(C)CCO[C@]1(c2ccccc2)C[C@H]2CCC1(C)C2(C)C.O=C(O)/C=C/C(=O)O. The largest absolute Gasteiger partial charge is 0.478 e. The van der Waals surface area contributed by atoms with Gasteiger partial charge in [0.15, 0.2) is 0 Å². The summed E-state index contributed by atoms with van der Waals surface area (Å²) in [6.45, 7) is 9.19. The van der Waals surface area contributed by atoms with Gasteiger partial charge >= 0.3 is 11.9 Å². The number of ether oxygens (including phenoxy) is 1. The first kappa shape index (κ1) is 24.1. The second-order valence-electron chi connectivity index (χ2n) is 9.35. The van der Waals surface area contributed by atoms with Crippen LogP contribution >= 0.6 is 0 Å². The van der Waals surface area contributed by atoms with E-state index in [2.05, 4.69) is 70.1 Å². The van der Waals surface area contributed by atoms with Crippen LogP contribution in [0, 0.1) is 16.7 Å². The summed E-state index contributed by atoms with van der Waals surface area (Å²) in [5.41, 5.74) is 1.84. The molecule has 1 aromatic rings. The van der Waals surface area contributed by atoms with E-state index in [4.69, 9.17) is 14.9 Å². The zero-order valence-corrected chi connectivity index (χ0v) is 18.7. The third-order valence-electron chi connectivity index (χ3n) is 7.36. The predicted octanol–water partition coefficient (Wildman–Crippen LogP) is 4.02. The zero-order valence-electron chi connectivity index (χ0n) is 18.7. The quantitative estimate of drug-likeness (QED) is 0.652. The highest BCUT2D eigenvalue weighted by molar-refractivity contribution is 5.89. The van der Waals surface area contributed by atoms with Gasteiger partial charge in [0.25, 0.3) is 0 Å². The molecular weight excluding hydrogens is 382 g/mol. The fourth-order valence-corrected chi connectivity index (χ4v) is 5.24. The number of rotatable bonds is 7. The van der Waals surface area contributed by atoms with Gasteiger partial charge in [-0.25, -0.2) is 9.59 Å². The number of likely N-dealkylation sites (N-methyl/N-ethyl adjacent to an activating group) is 1. The number of fused-ring (bicyclic) bond motifs is 2. The van der Waals surface area contributed by atoms with Crippen LogP contribution in [-0.2, 0) is 19.9 Å². The third-order valence-corrected chi connectivity index (χ3v) is 7.36. The minimum atomic E-state index is -1.26. The minimum Gasteiger partial charge on any atom is -0.478 e. The van der Waals surface area contributed by atoms with Crippen molar-refractivity contribution in [2.45, 2.75) is 45.6 Å². The molecule has 2 saturated carbocycles. The average molecular weight is 418 g/mol. The van der Waals surface area contributed by atoms with Gasteiger partial charge in [-0.3, -0.25) is 0 Å². The van der Waals surface area contributed by atoms with Gasteiger partial charge in [-0.2, -0.15) is 0 Å². The lowest BCUT2D eigenvalue weighted by molar-refractivity contribution is -0.148. The Kier molecular flexibility index (Phi) is 7.48. The van der Waals surface area contributed by atoms with Crippen LogP contribution in [0.15, 0.2) is 42.5 Å². The molecule has 0 aliphatic heterocycles. The maximum atomic E-state index is 9.55. The van der Waals surface area contributed by atoms with Gasteiger partial charge in [0.05, 0.1) is 12.2 Å². The molecule has 0 heterocycles. The standard InChI is InChI=1S/C20H31NO.C4H4O4/c1-18(2)17-11-12-19(18,3)20(15-17,22-14-13-21(4)5)16-9-7-6-8-10-16;5-3(6)1-2-4(7)8/h6-10,17H,11-15H2,1-5H3;1-2H,(H,5,6)(H,7,8)/b;2-1+/t17-,19?,20+;/m1./s1. The van der Waals surface area contributed by atoms with Crippen molar-refractivity contribution in [1.29, 1.82) is 0 Å². The molecule has 2 fully saturated rings. The number of hydrogen-bond acceptors (Lipinski definition) is 4. The van der Waals surface area contributed by atoms with Crippen molar-refractivity contribution in [2.75, 3.05) is 27.2 Å². The molecule has 30 heavy (non-hydrogen) atoms. The molecule has 6 nitrogen and oxygen atoms in total. The molecule has 6 heteroatoms. The van der Waals surface area contributed by atoms with Crippen LogP contribution in [0.2, 0.25) is 0 Å². The van der Waals surface area contributed by atoms with Gasteiger partial charge < -0.3 is 19.8 Å². The molecule has 1 aromatic carbocycles. The van der Waals surface area contributed by atoms with Crippen LogP contribution in [0.4, 0.5) is 0 Å². The van der Waals surface area contributed by atoms with Crippen LogP contribution in [0.5, 0.6) is 0 Å². The smallest absolute Gasteiger partial charge is 0.328 e. The van der Waals surface area contributed by atoms with Crippen LogP contribution < -0.4 is 0 Å². The molecule has 0 radical (unpaired) electrons. The summed E-state index contributed by atoms with van der Waals surface area (Å²) in [6, 6.07) is 11.0. The molecule has 1 unspecified atom stereocenters. The fourth-order valence-electron chi connectivity index (χ4n) is 5.24. The van der Waals surface area contributed by atoms with E-state index in [0.717, 1.165) is 19.1 Å². The molecule has 0 spiro atoms. The normalized spacial score (nSPS) is 29.1. The van der Waals surface area contributed by atoms with Crippen LogP contribution in [0.1, 0.15) is 45.6 Å². The Morgan fingerprint density at radius 2 is 1.67 bits per heavy atom. The van der Waals surface area contributed by atoms with E-state index >= 15 is 0 Å². The second-order valence-corrected chi connectivity index (χ2v) is 9.35. The van der Waals surface area contributed by atoms with Gasteiger partial charge in [-0.1, -0.05) is 51.1 Å². The molecule has 2 bridgehead atoms. The van der Waals surface area contributed by atoms with E-state index in [0.29, 0.717) is 17.6 Å². The molecule has 3 atom stereocenters. The summed E-state index contributed by atoms with van der Waals surface area (Å²) in [5.74, 6) is -1.74. The van der Waals surface area contributed by atoms with Crippen molar-refractivity contribution in [3.8, 4) is 0 Å². The van der Waals surface area contributed by atoms with Crippen molar-refractivity contribution in [3.63, 3.8) is 0 Å². The Hall–Kier alpha value is -2.18. The topological polar surface area (TPSA) is 87.1 Å². The van der Waals surface area contributed by atoms with Crippen LogP contribution in [-0.4, -0.2) is 54.3 Å². The van der Waals surface area contributed by atoms with E-state index in [1.807, 2.05) is 0 Å². The van der Waals surface area contributed by atoms with Crippen LogP contribution in [0.3, 0.4) is 0 Å². The number of carbonyl (C=O) groups is 2. The first-order valence-electron chi connectivity index (χ1n) is 10.4. The maximum absolute atomic E-state index is 9.55. The van der Waals surface area contributed by atoms with Gasteiger partial charge in [-0.15, -0.1) is 0 Å². The van der Waals surface area contributed by atoms with Gasteiger partial charge in [-0.05, 0) is 50.3 Å². The molecule has 166 valence electrons. The van der Waals surface area contributed by atoms with Crippen molar-refractivity contribution in [3.05, 3.63) is 48.0 Å². The first-order valence-corrected chi connectivity index (χ1v) is 10.4. The lowest BCUT2D eigenvalue weighted by Gasteiger charge is -2.49. The molecule has 3 rings (SSSR count). The van der Waals surface area contributed by atoms with Crippen molar-refractivity contribution in [2.24, 2.45) is 16.7 Å². The number of aliphatic carboxylic acids is 2. The van der Waals surface area contributed by atoms with Gasteiger partial charge in [0.1, 0.15) is 0 Å². The van der Waals surface area contributed by atoms with E-state index in [-0.39, 0.29) is 11.0 Å². The molecule has 2 aliphatic rings. The van der Waals surface area contributed by atoms with E-state index in [9.17, 15) is 9.59 Å². The van der Waals surface area contributed by atoms with Crippen LogP contribution in [0.25, 0.3) is 0 Å². The average Bonchev–Trinajstić information content (AvgIpc) is 3.00. The highest BCUT2D eigenvalue weighted by Crippen LogP contribution is 2.73. The predicted molar refractivity (Wildman–Crippen MR) is 116 cm³/mol. The summed E-state index contributed by atoms with van der Waals surface area (Å²) in [7, 11) is 4.23. The number of nitrogens with zero attached hydrogens (tertiary/aromatic N) is 1. The van der Waals surface area contributed by atoms with E-state index in [1.165, 1.54) is 24.8 Å². The summed E-state index contributed by atoms with van der Waals surface area (Å²) in [5, 5.41) is 15.6. The summed E-state index contributed by atoms with van der Waals surface area (Å²) in [4.78, 5) is 21.3. The third kappa shape index (κ3) is 4.60. The minimum absolute atomic E-state index is 0.114. The van der Waals surface area contributed by atoms with Gasteiger partial charge in [0, 0.05) is 24.1 Å². The molecule has 0 aromatic heterocycles. The second kappa shape index (κ2) is 9.31. The van der Waals surface area contributed by atoms with Crippen molar-refractivity contribution in [1.82, 2.24) is 4.90 Å². The van der Waals surface area contributed by atoms with E-state index < -0.39 is 11.9 Å². The molecule has 0 saturated heterocycles. The van der Waals surface area contributed by atoms with Crippen molar-refractivity contribution >= 4 is 11.9 Å². The lowest BCUT2D eigenvalue weighted by Crippen LogP contribution is -2.47. The molecular formula is C24H35NO5. The fraction of sp³-hybridized carbons (Fsp3) is 0.583. The molecule has 0 amide bonds. The Balaban J connectivity index is 0.000000343. The number of hydrogen-bond donors (Lipinski definition) is 2. The summed E-state index contributed by atoms with van der Waals surface area (Å²) in [6.07, 6.45) is 4.93. The molecule has 2 aliphatic carbocycles. The number of carboxylic acids is 2. The van der Waals surface area contributed by atoms with E-state index in [1.54, 1.807) is 0 Å². The summed E-state index contributed by atoms with van der Waals surface area (Å²) >= 11 is 0. The highest BCUT2D eigenvalue weighted by atomic mass is 16.5. The lowest BCUT2D eigenvalue weighted by atomic mass is 9.62. The Morgan fingerprint density at radius 1 is 1.10 bits per heavy atom. The first-order chi connectivity index (χ1) is 14.0.